The standard InChI is InChI=1S/C15H30N2O/c1-3-15-12-17(9-10-18-15)8-6-13(2)14-5-4-7-16-11-14/h13-16H,3-12H2,1-2H3. The summed E-state index contributed by atoms with van der Waals surface area (Å²) >= 11 is 0. The van der Waals surface area contributed by atoms with Crippen LogP contribution in [0.25, 0.3) is 0 Å². The average Bonchev–Trinajstić information content (AvgIpc) is 2.46. The molecule has 0 amide bonds. The highest BCUT2D eigenvalue weighted by atomic mass is 16.5. The Morgan fingerprint density at radius 3 is 3.06 bits per heavy atom. The predicted molar refractivity (Wildman–Crippen MR) is 75.8 cm³/mol. The molecule has 3 heteroatoms. The molecule has 2 fully saturated rings. The Balaban J connectivity index is 1.66. The molecule has 18 heavy (non-hydrogen) atoms. The molecule has 0 saturated carbocycles. The molecule has 2 rings (SSSR count). The largest absolute Gasteiger partial charge is 0.376 e. The van der Waals surface area contributed by atoms with Crippen LogP contribution in [0.15, 0.2) is 0 Å². The van der Waals surface area contributed by atoms with E-state index < -0.39 is 0 Å². The molecular weight excluding hydrogens is 224 g/mol. The summed E-state index contributed by atoms with van der Waals surface area (Å²) in [6.45, 7) is 11.6. The lowest BCUT2D eigenvalue weighted by atomic mass is 9.85. The molecule has 3 atom stereocenters. The van der Waals surface area contributed by atoms with Crippen LogP contribution in [0.1, 0.15) is 39.5 Å². The first-order chi connectivity index (χ1) is 8.79. The summed E-state index contributed by atoms with van der Waals surface area (Å²) in [6, 6.07) is 0. The Morgan fingerprint density at radius 2 is 2.33 bits per heavy atom. The highest BCUT2D eigenvalue weighted by Crippen LogP contribution is 2.23. The molecule has 0 radical (unpaired) electrons. The molecule has 106 valence electrons. The van der Waals surface area contributed by atoms with Gasteiger partial charge in [-0.05, 0) is 57.2 Å². The van der Waals surface area contributed by atoms with Gasteiger partial charge in [0.2, 0.25) is 0 Å². The van der Waals surface area contributed by atoms with Crippen LogP contribution in [0.3, 0.4) is 0 Å². The number of morpholine rings is 1. The van der Waals surface area contributed by atoms with Gasteiger partial charge < -0.3 is 10.1 Å². The van der Waals surface area contributed by atoms with Gasteiger partial charge in [0, 0.05) is 13.1 Å². The molecular formula is C15H30N2O. The van der Waals surface area contributed by atoms with E-state index in [4.69, 9.17) is 4.74 Å². The summed E-state index contributed by atoms with van der Waals surface area (Å²) in [4.78, 5) is 2.60. The Labute approximate surface area is 112 Å². The lowest BCUT2D eigenvalue weighted by molar-refractivity contribution is -0.0315. The fourth-order valence-corrected chi connectivity index (χ4v) is 3.22. The summed E-state index contributed by atoms with van der Waals surface area (Å²) in [5.41, 5.74) is 0. The normalized spacial score (nSPS) is 32.3. The molecule has 2 heterocycles. The van der Waals surface area contributed by atoms with E-state index in [1.54, 1.807) is 0 Å². The maximum absolute atomic E-state index is 5.73. The van der Waals surface area contributed by atoms with Crippen molar-refractivity contribution >= 4 is 0 Å². The maximum atomic E-state index is 5.73. The van der Waals surface area contributed by atoms with Crippen LogP contribution < -0.4 is 5.32 Å². The van der Waals surface area contributed by atoms with Crippen LogP contribution in [-0.2, 0) is 4.74 Å². The smallest absolute Gasteiger partial charge is 0.0700 e. The van der Waals surface area contributed by atoms with E-state index in [0.717, 1.165) is 38.0 Å². The van der Waals surface area contributed by atoms with Gasteiger partial charge in [0.1, 0.15) is 0 Å². The summed E-state index contributed by atoms with van der Waals surface area (Å²) in [6.07, 6.45) is 5.77. The number of nitrogens with zero attached hydrogens (tertiary/aromatic N) is 1. The minimum Gasteiger partial charge on any atom is -0.376 e. The van der Waals surface area contributed by atoms with Crippen molar-refractivity contribution in [2.75, 3.05) is 39.3 Å². The Bertz CT molecular complexity index is 227. The van der Waals surface area contributed by atoms with Gasteiger partial charge in [-0.2, -0.15) is 0 Å². The van der Waals surface area contributed by atoms with Crippen LogP contribution in [0.2, 0.25) is 0 Å². The Kier molecular flexibility index (Phi) is 5.93. The molecule has 1 N–H and O–H groups in total. The average molecular weight is 254 g/mol. The third-order valence-electron chi connectivity index (χ3n) is 4.72. The molecule has 2 aliphatic rings. The molecule has 0 spiro atoms. The Hall–Kier alpha value is -0.120. The van der Waals surface area contributed by atoms with Crippen molar-refractivity contribution in [3.05, 3.63) is 0 Å². The first kappa shape index (κ1) is 14.3. The van der Waals surface area contributed by atoms with Gasteiger partial charge >= 0.3 is 0 Å². The fraction of sp³-hybridized carbons (Fsp3) is 1.00. The zero-order valence-electron chi connectivity index (χ0n) is 12.2. The van der Waals surface area contributed by atoms with Gasteiger partial charge in [-0.25, -0.2) is 0 Å². The summed E-state index contributed by atoms with van der Waals surface area (Å²) in [5, 5.41) is 3.54. The van der Waals surface area contributed by atoms with Crippen LogP contribution in [0.5, 0.6) is 0 Å². The zero-order chi connectivity index (χ0) is 12.8. The predicted octanol–water partition coefficient (Wildman–Crippen LogP) is 2.12. The quantitative estimate of drug-likeness (QED) is 0.813. The van der Waals surface area contributed by atoms with Crippen molar-refractivity contribution in [2.45, 2.75) is 45.6 Å². The van der Waals surface area contributed by atoms with Crippen molar-refractivity contribution in [1.82, 2.24) is 10.2 Å². The second-order valence-electron chi connectivity index (χ2n) is 6.07. The van der Waals surface area contributed by atoms with E-state index in [2.05, 4.69) is 24.1 Å². The third kappa shape index (κ3) is 4.22. The lowest BCUT2D eigenvalue weighted by Gasteiger charge is -2.34. The van der Waals surface area contributed by atoms with Gasteiger partial charge in [0.15, 0.2) is 0 Å². The number of nitrogens with one attached hydrogen (secondary N) is 1. The van der Waals surface area contributed by atoms with Gasteiger partial charge in [0.05, 0.1) is 12.7 Å². The molecule has 0 aromatic heterocycles. The van der Waals surface area contributed by atoms with E-state index in [1.807, 2.05) is 0 Å². The van der Waals surface area contributed by atoms with Gasteiger partial charge in [0.25, 0.3) is 0 Å². The minimum atomic E-state index is 0.477. The molecule has 0 aliphatic carbocycles. The number of piperidine rings is 1. The summed E-state index contributed by atoms with van der Waals surface area (Å²) in [5.74, 6) is 1.77. The number of ether oxygens (including phenoxy) is 1. The lowest BCUT2D eigenvalue weighted by Crippen LogP contribution is -2.43. The molecule has 2 aliphatic heterocycles. The van der Waals surface area contributed by atoms with Crippen molar-refractivity contribution in [2.24, 2.45) is 11.8 Å². The SMILES string of the molecule is CCC1CN(CCC(C)C2CCCNC2)CCO1. The van der Waals surface area contributed by atoms with Crippen LogP contribution in [0, 0.1) is 11.8 Å². The van der Waals surface area contributed by atoms with Gasteiger partial charge in [-0.1, -0.05) is 13.8 Å². The van der Waals surface area contributed by atoms with E-state index in [9.17, 15) is 0 Å². The van der Waals surface area contributed by atoms with Crippen molar-refractivity contribution in [3.8, 4) is 0 Å². The van der Waals surface area contributed by atoms with Crippen LogP contribution >= 0.6 is 0 Å². The number of rotatable bonds is 5. The van der Waals surface area contributed by atoms with Crippen molar-refractivity contribution < 1.29 is 4.74 Å². The molecule has 2 saturated heterocycles. The highest BCUT2D eigenvalue weighted by molar-refractivity contribution is 4.76. The highest BCUT2D eigenvalue weighted by Gasteiger charge is 2.22. The van der Waals surface area contributed by atoms with E-state index in [-0.39, 0.29) is 0 Å². The molecule has 0 aromatic carbocycles. The number of hydrogen-bond donors (Lipinski definition) is 1. The van der Waals surface area contributed by atoms with Gasteiger partial charge in [-0.15, -0.1) is 0 Å². The first-order valence-electron chi connectivity index (χ1n) is 7.84. The second kappa shape index (κ2) is 7.46. The first-order valence-corrected chi connectivity index (χ1v) is 7.84. The summed E-state index contributed by atoms with van der Waals surface area (Å²) < 4.78 is 5.73. The molecule has 0 aromatic rings. The fourth-order valence-electron chi connectivity index (χ4n) is 3.22. The van der Waals surface area contributed by atoms with E-state index in [1.165, 1.54) is 38.9 Å². The van der Waals surface area contributed by atoms with Crippen molar-refractivity contribution in [1.29, 1.82) is 0 Å². The second-order valence-corrected chi connectivity index (χ2v) is 6.07. The number of hydrogen-bond acceptors (Lipinski definition) is 3. The minimum absolute atomic E-state index is 0.477. The van der Waals surface area contributed by atoms with Crippen LogP contribution in [-0.4, -0.2) is 50.3 Å². The molecule has 3 unspecified atom stereocenters. The third-order valence-corrected chi connectivity index (χ3v) is 4.72. The monoisotopic (exact) mass is 254 g/mol. The van der Waals surface area contributed by atoms with E-state index in [0.29, 0.717) is 6.10 Å². The van der Waals surface area contributed by atoms with Crippen LogP contribution in [0.4, 0.5) is 0 Å². The van der Waals surface area contributed by atoms with Gasteiger partial charge in [-0.3, -0.25) is 4.90 Å². The maximum Gasteiger partial charge on any atom is 0.0700 e. The zero-order valence-corrected chi connectivity index (χ0v) is 12.2. The Morgan fingerprint density at radius 1 is 1.44 bits per heavy atom. The molecule has 3 nitrogen and oxygen atoms in total. The topological polar surface area (TPSA) is 24.5 Å². The van der Waals surface area contributed by atoms with Crippen molar-refractivity contribution in [3.63, 3.8) is 0 Å². The summed E-state index contributed by atoms with van der Waals surface area (Å²) in [7, 11) is 0. The van der Waals surface area contributed by atoms with E-state index >= 15 is 0 Å². The molecule has 0 bridgehead atoms.